The number of thioether (sulfide) groups is 1. The van der Waals surface area contributed by atoms with Crippen LogP contribution in [0, 0.1) is 0 Å². The van der Waals surface area contributed by atoms with Crippen molar-refractivity contribution in [2.45, 2.75) is 58.4 Å². The van der Waals surface area contributed by atoms with Crippen molar-refractivity contribution in [2.75, 3.05) is 17.2 Å². The van der Waals surface area contributed by atoms with Crippen LogP contribution < -0.4 is 5.73 Å². The fraction of sp³-hybridized carbons (Fsp3) is 0.786. The number of nitrogen functional groups attached to an aromatic ring is 1. The van der Waals surface area contributed by atoms with Gasteiger partial charge in [0, 0.05) is 23.6 Å². The minimum Gasteiger partial charge on any atom is -0.384 e. The van der Waals surface area contributed by atoms with Crippen molar-refractivity contribution in [1.82, 2.24) is 9.55 Å². The predicted octanol–water partition coefficient (Wildman–Crippen LogP) is 3.39. The molecule has 1 fully saturated rings. The number of anilines is 1. The maximum Gasteiger partial charge on any atom is 0.127 e. The second-order valence-corrected chi connectivity index (χ2v) is 7.27. The SMILES string of the molecule is CCCc1nc(C2CCSC2)c(N)n1C(C)(C)C. The first-order valence-corrected chi connectivity index (χ1v) is 8.05. The lowest BCUT2D eigenvalue weighted by Gasteiger charge is -2.25. The lowest BCUT2D eigenvalue weighted by atomic mass is 10.0. The number of hydrogen-bond donors (Lipinski definition) is 1. The van der Waals surface area contributed by atoms with Gasteiger partial charge in [-0.2, -0.15) is 11.8 Å². The van der Waals surface area contributed by atoms with Gasteiger partial charge in [-0.25, -0.2) is 4.98 Å². The molecule has 1 aromatic heterocycles. The molecule has 102 valence electrons. The molecule has 4 heteroatoms. The molecule has 2 heterocycles. The maximum atomic E-state index is 6.39. The van der Waals surface area contributed by atoms with Crippen LogP contribution in [-0.4, -0.2) is 21.1 Å². The van der Waals surface area contributed by atoms with Gasteiger partial charge in [0.2, 0.25) is 0 Å². The van der Waals surface area contributed by atoms with E-state index in [0.29, 0.717) is 5.92 Å². The molecular formula is C14H25N3S. The highest BCUT2D eigenvalue weighted by molar-refractivity contribution is 7.99. The molecule has 0 aromatic carbocycles. The Labute approximate surface area is 115 Å². The van der Waals surface area contributed by atoms with E-state index in [0.717, 1.165) is 30.2 Å². The molecule has 1 aromatic rings. The van der Waals surface area contributed by atoms with Crippen LogP contribution in [-0.2, 0) is 12.0 Å². The van der Waals surface area contributed by atoms with E-state index in [-0.39, 0.29) is 5.54 Å². The second-order valence-electron chi connectivity index (χ2n) is 6.12. The van der Waals surface area contributed by atoms with Gasteiger partial charge in [-0.05, 0) is 39.4 Å². The molecule has 0 aliphatic carbocycles. The van der Waals surface area contributed by atoms with Crippen molar-refractivity contribution in [3.63, 3.8) is 0 Å². The molecule has 1 unspecified atom stereocenters. The third-order valence-corrected chi connectivity index (χ3v) is 4.63. The normalized spacial score (nSPS) is 20.6. The van der Waals surface area contributed by atoms with Crippen molar-refractivity contribution < 1.29 is 0 Å². The summed E-state index contributed by atoms with van der Waals surface area (Å²) in [7, 11) is 0. The molecule has 0 bridgehead atoms. The average molecular weight is 267 g/mol. The highest BCUT2D eigenvalue weighted by Gasteiger charge is 2.28. The van der Waals surface area contributed by atoms with Gasteiger partial charge < -0.3 is 10.3 Å². The lowest BCUT2D eigenvalue weighted by Crippen LogP contribution is -2.26. The quantitative estimate of drug-likeness (QED) is 0.913. The molecule has 1 aliphatic rings. The largest absolute Gasteiger partial charge is 0.384 e. The van der Waals surface area contributed by atoms with Gasteiger partial charge in [0.25, 0.3) is 0 Å². The summed E-state index contributed by atoms with van der Waals surface area (Å²) in [5, 5.41) is 0. The van der Waals surface area contributed by atoms with Crippen LogP contribution in [0.2, 0.25) is 0 Å². The number of imidazole rings is 1. The van der Waals surface area contributed by atoms with Gasteiger partial charge in [0.1, 0.15) is 11.6 Å². The number of aromatic nitrogens is 2. The topological polar surface area (TPSA) is 43.8 Å². The van der Waals surface area contributed by atoms with Crippen molar-refractivity contribution in [1.29, 1.82) is 0 Å². The van der Waals surface area contributed by atoms with Gasteiger partial charge in [-0.15, -0.1) is 0 Å². The zero-order valence-corrected chi connectivity index (χ0v) is 12.8. The van der Waals surface area contributed by atoms with Crippen LogP contribution in [0.5, 0.6) is 0 Å². The van der Waals surface area contributed by atoms with Crippen LogP contribution in [0.4, 0.5) is 5.82 Å². The molecule has 1 aliphatic heterocycles. The van der Waals surface area contributed by atoms with E-state index in [2.05, 4.69) is 32.3 Å². The van der Waals surface area contributed by atoms with E-state index in [9.17, 15) is 0 Å². The number of rotatable bonds is 3. The Morgan fingerprint density at radius 3 is 2.67 bits per heavy atom. The molecule has 1 atom stereocenters. The number of nitrogens with zero attached hydrogens (tertiary/aromatic N) is 2. The molecule has 1 saturated heterocycles. The highest BCUT2D eigenvalue weighted by atomic mass is 32.2. The van der Waals surface area contributed by atoms with Gasteiger partial charge in [0.15, 0.2) is 0 Å². The number of nitrogens with two attached hydrogens (primary N) is 1. The van der Waals surface area contributed by atoms with Crippen LogP contribution >= 0.6 is 11.8 Å². The molecule has 3 nitrogen and oxygen atoms in total. The van der Waals surface area contributed by atoms with Crippen molar-refractivity contribution in [3.8, 4) is 0 Å². The summed E-state index contributed by atoms with van der Waals surface area (Å²) in [6.45, 7) is 8.81. The predicted molar refractivity (Wildman–Crippen MR) is 80.3 cm³/mol. The summed E-state index contributed by atoms with van der Waals surface area (Å²) in [6.07, 6.45) is 3.36. The van der Waals surface area contributed by atoms with Crippen LogP contribution in [0.3, 0.4) is 0 Å². The Bertz CT molecular complexity index is 411. The summed E-state index contributed by atoms with van der Waals surface area (Å²) in [5.41, 5.74) is 7.56. The van der Waals surface area contributed by atoms with Gasteiger partial charge in [0.05, 0.1) is 5.69 Å². The first kappa shape index (κ1) is 13.8. The van der Waals surface area contributed by atoms with E-state index in [1.807, 2.05) is 11.8 Å². The fourth-order valence-electron chi connectivity index (χ4n) is 2.69. The van der Waals surface area contributed by atoms with E-state index in [4.69, 9.17) is 10.7 Å². The molecule has 2 rings (SSSR count). The Hall–Kier alpha value is -0.640. The molecule has 18 heavy (non-hydrogen) atoms. The molecule has 0 saturated carbocycles. The van der Waals surface area contributed by atoms with Gasteiger partial charge >= 0.3 is 0 Å². The smallest absolute Gasteiger partial charge is 0.127 e. The van der Waals surface area contributed by atoms with Crippen molar-refractivity contribution in [2.24, 2.45) is 0 Å². The molecule has 2 N–H and O–H groups in total. The lowest BCUT2D eigenvalue weighted by molar-refractivity contribution is 0.387. The fourth-order valence-corrected chi connectivity index (χ4v) is 3.92. The van der Waals surface area contributed by atoms with Crippen LogP contribution in [0.25, 0.3) is 0 Å². The summed E-state index contributed by atoms with van der Waals surface area (Å²) in [4.78, 5) is 4.87. The monoisotopic (exact) mass is 267 g/mol. The van der Waals surface area contributed by atoms with E-state index < -0.39 is 0 Å². The Balaban J connectivity index is 2.43. The average Bonchev–Trinajstić information content (AvgIpc) is 2.84. The molecule has 0 spiro atoms. The minimum absolute atomic E-state index is 0.0194. The second kappa shape index (κ2) is 5.16. The summed E-state index contributed by atoms with van der Waals surface area (Å²) in [5.74, 6) is 5.05. The zero-order chi connectivity index (χ0) is 13.3. The standard InChI is InChI=1S/C14H25N3S/c1-5-6-11-16-12(10-7-8-18-9-10)13(15)17(11)14(2,3)4/h10H,5-9,15H2,1-4H3. The van der Waals surface area contributed by atoms with E-state index in [1.165, 1.54) is 17.9 Å². The summed E-state index contributed by atoms with van der Waals surface area (Å²) in [6, 6.07) is 0. The Morgan fingerprint density at radius 2 is 2.17 bits per heavy atom. The van der Waals surface area contributed by atoms with E-state index in [1.54, 1.807) is 0 Å². The molecule has 0 amide bonds. The highest BCUT2D eigenvalue weighted by Crippen LogP contribution is 2.37. The number of aryl methyl sites for hydroxylation is 1. The minimum atomic E-state index is 0.0194. The Kier molecular flexibility index (Phi) is 3.95. The number of hydrogen-bond acceptors (Lipinski definition) is 3. The van der Waals surface area contributed by atoms with E-state index >= 15 is 0 Å². The first-order chi connectivity index (χ1) is 8.45. The molecule has 0 radical (unpaired) electrons. The third-order valence-electron chi connectivity index (χ3n) is 3.47. The third kappa shape index (κ3) is 2.53. The van der Waals surface area contributed by atoms with Crippen LogP contribution in [0.15, 0.2) is 0 Å². The van der Waals surface area contributed by atoms with Gasteiger partial charge in [-0.1, -0.05) is 6.92 Å². The maximum absolute atomic E-state index is 6.39. The Morgan fingerprint density at radius 1 is 1.44 bits per heavy atom. The van der Waals surface area contributed by atoms with Crippen LogP contribution in [0.1, 0.15) is 58.0 Å². The summed E-state index contributed by atoms with van der Waals surface area (Å²) >= 11 is 2.02. The van der Waals surface area contributed by atoms with Gasteiger partial charge in [-0.3, -0.25) is 0 Å². The zero-order valence-electron chi connectivity index (χ0n) is 12.0. The van der Waals surface area contributed by atoms with Crippen molar-refractivity contribution >= 4 is 17.6 Å². The molecular weight excluding hydrogens is 242 g/mol. The summed E-state index contributed by atoms with van der Waals surface area (Å²) < 4.78 is 2.24. The first-order valence-electron chi connectivity index (χ1n) is 6.90. The van der Waals surface area contributed by atoms with Crippen molar-refractivity contribution in [3.05, 3.63) is 11.5 Å².